The molecule has 0 bridgehead atoms. The summed E-state index contributed by atoms with van der Waals surface area (Å²) in [4.78, 5) is 13.1. The molecular weight excluding hydrogens is 294 g/mol. The summed E-state index contributed by atoms with van der Waals surface area (Å²) in [6.45, 7) is 3.35. The number of rotatable bonds is 3. The number of nitrogens with zero attached hydrogens (tertiary/aromatic N) is 4. The lowest BCUT2D eigenvalue weighted by Crippen LogP contribution is -2.36. The molecule has 1 aliphatic heterocycles. The van der Waals surface area contributed by atoms with Gasteiger partial charge in [-0.1, -0.05) is 0 Å². The van der Waals surface area contributed by atoms with Gasteiger partial charge in [0, 0.05) is 19.7 Å². The van der Waals surface area contributed by atoms with Crippen molar-refractivity contribution in [1.82, 2.24) is 14.9 Å². The number of aromatic nitrogens is 2. The molecule has 0 saturated carbocycles. The Morgan fingerprint density at radius 2 is 2.11 bits per heavy atom. The lowest BCUT2D eigenvalue weighted by Gasteiger charge is -2.31. The normalized spacial score (nSPS) is 17.9. The van der Waals surface area contributed by atoms with Crippen LogP contribution in [-0.4, -0.2) is 48.6 Å². The summed E-state index contributed by atoms with van der Waals surface area (Å²) in [7, 11) is 4.21. The summed E-state index contributed by atoms with van der Waals surface area (Å²) in [6, 6.07) is 1.72. The largest absolute Gasteiger partial charge is 0.383 e. The number of hydrogen-bond acceptors (Lipinski definition) is 5. The minimum absolute atomic E-state index is 0.502. The minimum Gasteiger partial charge on any atom is -0.383 e. The van der Waals surface area contributed by atoms with Crippen LogP contribution in [-0.2, 0) is 0 Å². The third-order valence-electron chi connectivity index (χ3n) is 3.41. The van der Waals surface area contributed by atoms with Crippen molar-refractivity contribution < 1.29 is 0 Å². The second kappa shape index (κ2) is 5.84. The van der Waals surface area contributed by atoms with Gasteiger partial charge in [-0.15, -0.1) is 0 Å². The molecule has 0 atom stereocenters. The molecule has 1 aliphatic rings. The first-order valence-corrected chi connectivity index (χ1v) is 7.03. The molecule has 0 aliphatic carbocycles. The van der Waals surface area contributed by atoms with Crippen LogP contribution in [0.3, 0.4) is 0 Å². The van der Waals surface area contributed by atoms with Crippen LogP contribution < -0.4 is 10.6 Å². The van der Waals surface area contributed by atoms with E-state index in [1.54, 1.807) is 6.07 Å². The monoisotopic (exact) mass is 313 g/mol. The van der Waals surface area contributed by atoms with Crippen molar-refractivity contribution in [2.24, 2.45) is 5.92 Å². The molecule has 2 rings (SSSR count). The molecule has 6 heteroatoms. The fraction of sp³-hybridized carbons (Fsp3) is 0.667. The molecule has 2 heterocycles. The maximum Gasteiger partial charge on any atom is 0.228 e. The smallest absolute Gasteiger partial charge is 0.228 e. The average molecular weight is 314 g/mol. The molecule has 0 aromatic carbocycles. The highest BCUT2D eigenvalue weighted by Gasteiger charge is 2.19. The zero-order valence-electron chi connectivity index (χ0n) is 10.9. The second-order valence-corrected chi connectivity index (χ2v) is 5.86. The first-order valence-electron chi connectivity index (χ1n) is 6.24. The van der Waals surface area contributed by atoms with Crippen LogP contribution in [0.15, 0.2) is 10.7 Å². The van der Waals surface area contributed by atoms with Crippen LogP contribution in [0.5, 0.6) is 0 Å². The van der Waals surface area contributed by atoms with E-state index in [0.29, 0.717) is 11.8 Å². The van der Waals surface area contributed by atoms with Crippen molar-refractivity contribution in [3.63, 3.8) is 0 Å². The molecule has 1 fully saturated rings. The topological polar surface area (TPSA) is 58.3 Å². The van der Waals surface area contributed by atoms with Crippen LogP contribution in [0, 0.1) is 5.92 Å². The highest BCUT2D eigenvalue weighted by atomic mass is 79.9. The zero-order chi connectivity index (χ0) is 13.1. The summed E-state index contributed by atoms with van der Waals surface area (Å²) in [5.74, 6) is 1.91. The number of nitrogens with two attached hydrogens (primary N) is 1. The lowest BCUT2D eigenvalue weighted by molar-refractivity contribution is 0.222. The van der Waals surface area contributed by atoms with Gasteiger partial charge in [-0.2, -0.15) is 4.98 Å². The summed E-state index contributed by atoms with van der Waals surface area (Å²) >= 11 is 3.35. The summed E-state index contributed by atoms with van der Waals surface area (Å²) in [5.41, 5.74) is 5.73. The van der Waals surface area contributed by atoms with Gasteiger partial charge < -0.3 is 15.5 Å². The van der Waals surface area contributed by atoms with Gasteiger partial charge in [-0.3, -0.25) is 0 Å². The van der Waals surface area contributed by atoms with E-state index in [1.165, 1.54) is 25.9 Å². The molecule has 1 aromatic heterocycles. The van der Waals surface area contributed by atoms with Gasteiger partial charge in [-0.05, 0) is 54.8 Å². The molecule has 0 radical (unpaired) electrons. The van der Waals surface area contributed by atoms with E-state index in [9.17, 15) is 0 Å². The number of hydrogen-bond donors (Lipinski definition) is 1. The van der Waals surface area contributed by atoms with Crippen molar-refractivity contribution >= 4 is 27.7 Å². The van der Waals surface area contributed by atoms with Gasteiger partial charge >= 0.3 is 0 Å². The van der Waals surface area contributed by atoms with Gasteiger partial charge in [0.15, 0.2) is 0 Å². The fourth-order valence-electron chi connectivity index (χ4n) is 2.31. The first kappa shape index (κ1) is 13.5. The van der Waals surface area contributed by atoms with Crippen LogP contribution in [0.4, 0.5) is 11.8 Å². The Kier molecular flexibility index (Phi) is 4.40. The third-order valence-corrected chi connectivity index (χ3v) is 3.82. The molecule has 0 amide bonds. The molecule has 2 N–H and O–H groups in total. The Morgan fingerprint density at radius 1 is 1.44 bits per heavy atom. The highest BCUT2D eigenvalue weighted by Crippen LogP contribution is 2.20. The first-order chi connectivity index (χ1) is 8.54. The van der Waals surface area contributed by atoms with Gasteiger partial charge in [0.05, 0.1) is 0 Å². The van der Waals surface area contributed by atoms with Crippen molar-refractivity contribution in [3.8, 4) is 0 Å². The molecule has 0 spiro atoms. The van der Waals surface area contributed by atoms with Crippen LogP contribution >= 0.6 is 15.9 Å². The highest BCUT2D eigenvalue weighted by molar-refractivity contribution is 9.10. The maximum atomic E-state index is 5.73. The Hall–Kier alpha value is -0.880. The Labute approximate surface area is 117 Å². The molecule has 1 saturated heterocycles. The predicted octanol–water partition coefficient (Wildman–Crippen LogP) is 1.60. The van der Waals surface area contributed by atoms with E-state index in [0.717, 1.165) is 17.1 Å². The fourth-order valence-corrected chi connectivity index (χ4v) is 2.70. The Morgan fingerprint density at radius 3 is 2.72 bits per heavy atom. The molecule has 5 nitrogen and oxygen atoms in total. The van der Waals surface area contributed by atoms with Crippen LogP contribution in [0.1, 0.15) is 12.8 Å². The van der Waals surface area contributed by atoms with Crippen molar-refractivity contribution in [2.45, 2.75) is 12.8 Å². The molecule has 1 aromatic rings. The van der Waals surface area contributed by atoms with E-state index in [-0.39, 0.29) is 0 Å². The van der Waals surface area contributed by atoms with E-state index in [1.807, 2.05) is 7.05 Å². The summed E-state index contributed by atoms with van der Waals surface area (Å²) in [5, 5.41) is 0. The number of anilines is 2. The zero-order valence-corrected chi connectivity index (χ0v) is 12.5. The van der Waals surface area contributed by atoms with E-state index in [4.69, 9.17) is 5.73 Å². The van der Waals surface area contributed by atoms with Gasteiger partial charge in [0.25, 0.3) is 0 Å². The molecule has 0 unspecified atom stereocenters. The second-order valence-electron chi connectivity index (χ2n) is 5.04. The number of piperidine rings is 1. The average Bonchev–Trinajstić information content (AvgIpc) is 2.31. The molecular formula is C12H20BrN5. The number of halogens is 1. The third kappa shape index (κ3) is 3.55. The Balaban J connectivity index is 1.96. The van der Waals surface area contributed by atoms with Gasteiger partial charge in [0.2, 0.25) is 5.95 Å². The predicted molar refractivity (Wildman–Crippen MR) is 77.6 cm³/mol. The molecule has 100 valence electrons. The van der Waals surface area contributed by atoms with Crippen LogP contribution in [0.25, 0.3) is 0 Å². The number of likely N-dealkylation sites (tertiary alicyclic amines) is 1. The van der Waals surface area contributed by atoms with Gasteiger partial charge in [0.1, 0.15) is 10.4 Å². The summed E-state index contributed by atoms with van der Waals surface area (Å²) < 4.78 is 0.736. The van der Waals surface area contributed by atoms with Crippen molar-refractivity contribution in [2.75, 3.05) is 44.4 Å². The SMILES string of the molecule is CN1CCC(CN(C)c2nc(N)cc(Br)n2)CC1. The maximum absolute atomic E-state index is 5.73. The minimum atomic E-state index is 0.502. The lowest BCUT2D eigenvalue weighted by atomic mass is 9.97. The van der Waals surface area contributed by atoms with Crippen molar-refractivity contribution in [1.29, 1.82) is 0 Å². The Bertz CT molecular complexity index is 383. The van der Waals surface area contributed by atoms with Crippen molar-refractivity contribution in [3.05, 3.63) is 10.7 Å². The van der Waals surface area contributed by atoms with Gasteiger partial charge in [-0.25, -0.2) is 4.98 Å². The van der Waals surface area contributed by atoms with Crippen LogP contribution in [0.2, 0.25) is 0 Å². The standard InChI is InChI=1S/C12H20BrN5/c1-17-5-3-9(4-6-17)8-18(2)12-15-10(13)7-11(14)16-12/h7,9H,3-6,8H2,1-2H3,(H2,14,15,16). The number of nitrogen functional groups attached to an aromatic ring is 1. The quantitative estimate of drug-likeness (QED) is 0.859. The van der Waals surface area contributed by atoms with E-state index in [2.05, 4.69) is 42.7 Å². The van der Waals surface area contributed by atoms with E-state index >= 15 is 0 Å². The molecule has 18 heavy (non-hydrogen) atoms. The van der Waals surface area contributed by atoms with E-state index < -0.39 is 0 Å². The summed E-state index contributed by atoms with van der Waals surface area (Å²) in [6.07, 6.45) is 2.48.